The largest absolute Gasteiger partial charge is 0.490 e. The molecular formula is C17H25ClN2O4. The van der Waals surface area contributed by atoms with Crippen molar-refractivity contribution in [2.75, 3.05) is 32.8 Å². The average molecular weight is 357 g/mol. The highest BCUT2D eigenvalue weighted by Gasteiger charge is 2.25. The van der Waals surface area contributed by atoms with Crippen LogP contribution in [-0.2, 0) is 4.74 Å². The number of carbonyl (C=O) groups is 1. The van der Waals surface area contributed by atoms with E-state index in [1.54, 1.807) is 12.1 Å². The minimum Gasteiger partial charge on any atom is -0.490 e. The molecule has 2 aliphatic rings. The highest BCUT2D eigenvalue weighted by molar-refractivity contribution is 5.94. The summed E-state index contributed by atoms with van der Waals surface area (Å²) >= 11 is 0. The van der Waals surface area contributed by atoms with Crippen molar-refractivity contribution in [3.8, 4) is 5.75 Å². The van der Waals surface area contributed by atoms with Crippen molar-refractivity contribution in [2.24, 2.45) is 5.92 Å². The second-order valence-corrected chi connectivity index (χ2v) is 6.15. The van der Waals surface area contributed by atoms with Crippen molar-refractivity contribution < 1.29 is 19.4 Å². The summed E-state index contributed by atoms with van der Waals surface area (Å²) in [7, 11) is 0. The zero-order valence-corrected chi connectivity index (χ0v) is 14.4. The van der Waals surface area contributed by atoms with Gasteiger partial charge in [0.25, 0.3) is 5.91 Å². The van der Waals surface area contributed by atoms with E-state index in [4.69, 9.17) is 9.47 Å². The normalized spacial score (nSPS) is 24.2. The summed E-state index contributed by atoms with van der Waals surface area (Å²) in [6.45, 7) is 3.30. The SMILES string of the molecule is Cl.O=C(NCC1CNCC1O)c1ccc(OC2CCOCC2)cc1. The molecule has 6 nitrogen and oxygen atoms in total. The first-order valence-electron chi connectivity index (χ1n) is 8.24. The second-order valence-electron chi connectivity index (χ2n) is 6.15. The van der Waals surface area contributed by atoms with Gasteiger partial charge < -0.3 is 25.2 Å². The Morgan fingerprint density at radius 1 is 1.25 bits per heavy atom. The predicted octanol–water partition coefficient (Wildman–Crippen LogP) is 0.976. The van der Waals surface area contributed by atoms with Gasteiger partial charge in [-0.3, -0.25) is 4.79 Å². The number of carbonyl (C=O) groups excluding carboxylic acids is 1. The van der Waals surface area contributed by atoms with E-state index >= 15 is 0 Å². The molecule has 2 aliphatic heterocycles. The van der Waals surface area contributed by atoms with Gasteiger partial charge in [-0.05, 0) is 24.3 Å². The van der Waals surface area contributed by atoms with Gasteiger partial charge in [0, 0.05) is 44.0 Å². The molecule has 24 heavy (non-hydrogen) atoms. The van der Waals surface area contributed by atoms with Crippen LogP contribution in [0.3, 0.4) is 0 Å². The van der Waals surface area contributed by atoms with Gasteiger partial charge in [0.05, 0.1) is 19.3 Å². The maximum absolute atomic E-state index is 12.1. The number of benzene rings is 1. The number of hydrogen-bond acceptors (Lipinski definition) is 5. The fourth-order valence-electron chi connectivity index (χ4n) is 2.92. The molecule has 0 aliphatic carbocycles. The van der Waals surface area contributed by atoms with Crippen LogP contribution in [0.5, 0.6) is 5.75 Å². The second kappa shape index (κ2) is 9.22. The molecule has 1 aromatic carbocycles. The molecule has 0 bridgehead atoms. The van der Waals surface area contributed by atoms with E-state index < -0.39 is 0 Å². The van der Waals surface area contributed by atoms with E-state index in [0.29, 0.717) is 18.7 Å². The van der Waals surface area contributed by atoms with Crippen molar-refractivity contribution in [1.29, 1.82) is 0 Å². The Labute approximate surface area is 148 Å². The summed E-state index contributed by atoms with van der Waals surface area (Å²) in [6, 6.07) is 7.20. The van der Waals surface area contributed by atoms with Crippen LogP contribution in [0.2, 0.25) is 0 Å². The number of rotatable bonds is 5. The summed E-state index contributed by atoms with van der Waals surface area (Å²) in [6.07, 6.45) is 1.62. The molecule has 2 heterocycles. The van der Waals surface area contributed by atoms with Crippen molar-refractivity contribution in [3.05, 3.63) is 29.8 Å². The predicted molar refractivity (Wildman–Crippen MR) is 92.9 cm³/mol. The average Bonchev–Trinajstić information content (AvgIpc) is 2.99. The fraction of sp³-hybridized carbons (Fsp3) is 0.588. The van der Waals surface area contributed by atoms with E-state index in [-0.39, 0.29) is 36.4 Å². The van der Waals surface area contributed by atoms with E-state index in [9.17, 15) is 9.90 Å². The molecule has 134 valence electrons. The maximum Gasteiger partial charge on any atom is 0.251 e. The van der Waals surface area contributed by atoms with Crippen molar-refractivity contribution >= 4 is 18.3 Å². The van der Waals surface area contributed by atoms with Gasteiger partial charge in [0.2, 0.25) is 0 Å². The van der Waals surface area contributed by atoms with E-state index in [0.717, 1.165) is 38.3 Å². The molecule has 0 saturated carbocycles. The first-order valence-corrected chi connectivity index (χ1v) is 8.24. The Morgan fingerprint density at radius 2 is 1.96 bits per heavy atom. The van der Waals surface area contributed by atoms with Gasteiger partial charge in [-0.15, -0.1) is 12.4 Å². The van der Waals surface area contributed by atoms with Crippen LogP contribution in [0.4, 0.5) is 0 Å². The Bertz CT molecular complexity index is 520. The third kappa shape index (κ3) is 5.08. The van der Waals surface area contributed by atoms with Crippen LogP contribution in [0, 0.1) is 5.92 Å². The topological polar surface area (TPSA) is 79.8 Å². The summed E-state index contributed by atoms with van der Waals surface area (Å²) in [5.74, 6) is 0.737. The molecule has 1 amide bonds. The van der Waals surface area contributed by atoms with Gasteiger partial charge in [-0.2, -0.15) is 0 Å². The van der Waals surface area contributed by atoms with Gasteiger partial charge in [-0.25, -0.2) is 0 Å². The molecule has 1 aromatic rings. The molecule has 0 aromatic heterocycles. The van der Waals surface area contributed by atoms with Crippen LogP contribution >= 0.6 is 12.4 Å². The van der Waals surface area contributed by atoms with Crippen LogP contribution in [0.1, 0.15) is 23.2 Å². The van der Waals surface area contributed by atoms with Crippen molar-refractivity contribution in [2.45, 2.75) is 25.0 Å². The minimum absolute atomic E-state index is 0. The number of amides is 1. The summed E-state index contributed by atoms with van der Waals surface area (Å²) in [5.41, 5.74) is 0.602. The highest BCUT2D eigenvalue weighted by atomic mass is 35.5. The first kappa shape index (κ1) is 19.0. The van der Waals surface area contributed by atoms with Gasteiger partial charge >= 0.3 is 0 Å². The Kier molecular flexibility index (Phi) is 7.30. The fourth-order valence-corrected chi connectivity index (χ4v) is 2.92. The zero-order valence-electron chi connectivity index (χ0n) is 13.6. The minimum atomic E-state index is -0.384. The lowest BCUT2D eigenvalue weighted by atomic mass is 10.1. The number of halogens is 1. The van der Waals surface area contributed by atoms with Gasteiger partial charge in [-0.1, -0.05) is 0 Å². The van der Waals surface area contributed by atoms with Crippen LogP contribution < -0.4 is 15.4 Å². The quantitative estimate of drug-likeness (QED) is 0.732. The monoisotopic (exact) mass is 356 g/mol. The van der Waals surface area contributed by atoms with Crippen LogP contribution in [0.25, 0.3) is 0 Å². The Hall–Kier alpha value is -1.34. The molecule has 0 radical (unpaired) electrons. The van der Waals surface area contributed by atoms with Crippen LogP contribution in [0.15, 0.2) is 24.3 Å². The highest BCUT2D eigenvalue weighted by Crippen LogP contribution is 2.18. The van der Waals surface area contributed by atoms with Gasteiger partial charge in [0.1, 0.15) is 11.9 Å². The molecule has 3 N–H and O–H groups in total. The third-order valence-electron chi connectivity index (χ3n) is 4.42. The van der Waals surface area contributed by atoms with E-state index in [2.05, 4.69) is 10.6 Å². The maximum atomic E-state index is 12.1. The van der Waals surface area contributed by atoms with Crippen molar-refractivity contribution in [3.63, 3.8) is 0 Å². The number of aliphatic hydroxyl groups excluding tert-OH is 1. The molecule has 0 spiro atoms. The Balaban J connectivity index is 0.00000208. The van der Waals surface area contributed by atoms with E-state index in [1.807, 2.05) is 12.1 Å². The molecule has 2 fully saturated rings. The number of β-amino-alcohol motifs (C(OH)–C–C–N with tert-alkyl or cyclic N) is 1. The van der Waals surface area contributed by atoms with Gasteiger partial charge in [0.15, 0.2) is 0 Å². The number of aliphatic hydroxyl groups is 1. The molecular weight excluding hydrogens is 332 g/mol. The lowest BCUT2D eigenvalue weighted by Crippen LogP contribution is -2.34. The number of ether oxygens (including phenoxy) is 2. The van der Waals surface area contributed by atoms with Crippen molar-refractivity contribution in [1.82, 2.24) is 10.6 Å². The number of hydrogen-bond donors (Lipinski definition) is 3. The lowest BCUT2D eigenvalue weighted by molar-refractivity contribution is 0.0256. The summed E-state index contributed by atoms with van der Waals surface area (Å²) in [4.78, 5) is 12.1. The first-order chi connectivity index (χ1) is 11.2. The summed E-state index contributed by atoms with van der Waals surface area (Å²) < 4.78 is 11.2. The Morgan fingerprint density at radius 3 is 2.58 bits per heavy atom. The molecule has 7 heteroatoms. The van der Waals surface area contributed by atoms with E-state index in [1.165, 1.54) is 0 Å². The standard InChI is InChI=1S/C17H24N2O4.ClH/c20-16-11-18-9-13(16)10-19-17(21)12-1-3-14(4-2-12)23-15-5-7-22-8-6-15;/h1-4,13,15-16,18,20H,5-11H2,(H,19,21);1H. The number of nitrogens with one attached hydrogen (secondary N) is 2. The summed E-state index contributed by atoms with van der Waals surface area (Å²) in [5, 5.41) is 15.7. The zero-order chi connectivity index (χ0) is 16.1. The molecule has 2 atom stereocenters. The smallest absolute Gasteiger partial charge is 0.251 e. The third-order valence-corrected chi connectivity index (χ3v) is 4.42. The lowest BCUT2D eigenvalue weighted by Gasteiger charge is -2.23. The molecule has 3 rings (SSSR count). The molecule has 2 saturated heterocycles. The van der Waals surface area contributed by atoms with Crippen LogP contribution in [-0.4, -0.2) is 56.1 Å². The molecule has 2 unspecified atom stereocenters.